The van der Waals surface area contributed by atoms with Gasteiger partial charge in [0.05, 0.1) is 12.7 Å². The van der Waals surface area contributed by atoms with Crippen LogP contribution in [0.1, 0.15) is 10.4 Å². The van der Waals surface area contributed by atoms with E-state index < -0.39 is 16.0 Å². The third kappa shape index (κ3) is 5.14. The van der Waals surface area contributed by atoms with E-state index >= 15 is 0 Å². The molecule has 0 aromatic heterocycles. The van der Waals surface area contributed by atoms with Crippen molar-refractivity contribution in [3.63, 3.8) is 0 Å². The quantitative estimate of drug-likeness (QED) is 0.704. The molecule has 0 aliphatic heterocycles. The number of carbonyl (C=O) groups is 2. The van der Waals surface area contributed by atoms with Crippen LogP contribution in [-0.2, 0) is 10.0 Å². The number of benzene rings is 2. The van der Waals surface area contributed by atoms with Crippen LogP contribution in [0.5, 0.6) is 5.75 Å². The lowest BCUT2D eigenvalue weighted by Gasteiger charge is -2.13. The summed E-state index contributed by atoms with van der Waals surface area (Å²) in [6.07, 6.45) is 0. The summed E-state index contributed by atoms with van der Waals surface area (Å²) in [7, 11) is 0.483. The normalized spacial score (nSPS) is 10.9. The molecule has 0 spiro atoms. The van der Waals surface area contributed by atoms with Crippen molar-refractivity contribution in [3.8, 4) is 5.75 Å². The predicted octanol–water partition coefficient (Wildman–Crippen LogP) is 2.97. The van der Waals surface area contributed by atoms with Crippen LogP contribution in [0.15, 0.2) is 52.3 Å². The number of methoxy groups -OCH3 is 1. The Labute approximate surface area is 161 Å². The maximum absolute atomic E-state index is 12.7. The Hall–Kier alpha value is -2.72. The van der Waals surface area contributed by atoms with Gasteiger partial charge in [-0.2, -0.15) is 0 Å². The van der Waals surface area contributed by atoms with Gasteiger partial charge in [0.2, 0.25) is 0 Å². The largest absolute Gasteiger partial charge is 0.495 e. The summed E-state index contributed by atoms with van der Waals surface area (Å²) < 4.78 is 32.7. The molecule has 144 valence electrons. The maximum Gasteiger partial charge on any atom is 0.335 e. The van der Waals surface area contributed by atoms with Gasteiger partial charge in [-0.3, -0.25) is 9.52 Å². The zero-order valence-electron chi connectivity index (χ0n) is 14.8. The van der Waals surface area contributed by atoms with Gasteiger partial charge in [0.1, 0.15) is 10.6 Å². The molecule has 0 aliphatic rings. The second kappa shape index (κ2) is 8.31. The van der Waals surface area contributed by atoms with Crippen LogP contribution >= 0.6 is 11.8 Å². The van der Waals surface area contributed by atoms with Crippen LogP contribution < -0.4 is 9.46 Å². The van der Waals surface area contributed by atoms with Crippen LogP contribution in [0.4, 0.5) is 10.5 Å². The number of hydrogen-bond donors (Lipinski definition) is 2. The minimum Gasteiger partial charge on any atom is -0.495 e. The summed E-state index contributed by atoms with van der Waals surface area (Å²) >= 11 is 1.01. The van der Waals surface area contributed by atoms with Crippen molar-refractivity contribution in [2.75, 3.05) is 25.9 Å². The van der Waals surface area contributed by atoms with E-state index in [1.807, 2.05) is 0 Å². The second-order valence-corrected chi connectivity index (χ2v) is 8.24. The van der Waals surface area contributed by atoms with Gasteiger partial charge >= 0.3 is 5.97 Å². The second-order valence-electron chi connectivity index (χ2n) is 5.56. The third-order valence-corrected chi connectivity index (χ3v) is 5.83. The standard InChI is InChI=1S/C17H18N2O6S2/c1-19(2)17(22)26-13-7-5-12(6-8-13)18-27(23,24)15-10-11(16(20)21)4-9-14(15)25-3/h4-10,18H,1-3H3,(H,20,21). The highest BCUT2D eigenvalue weighted by molar-refractivity contribution is 8.13. The molecular formula is C17H18N2O6S2. The van der Waals surface area contributed by atoms with E-state index in [1.165, 1.54) is 36.3 Å². The Balaban J connectivity index is 2.27. The Kier molecular flexibility index (Phi) is 6.34. The number of thioether (sulfide) groups is 1. The summed E-state index contributed by atoms with van der Waals surface area (Å²) in [6.45, 7) is 0. The van der Waals surface area contributed by atoms with Gasteiger partial charge in [0.25, 0.3) is 15.3 Å². The number of aromatic carboxylic acids is 1. The van der Waals surface area contributed by atoms with Crippen molar-refractivity contribution in [2.24, 2.45) is 0 Å². The molecule has 2 N–H and O–H groups in total. The molecule has 0 bridgehead atoms. The summed E-state index contributed by atoms with van der Waals surface area (Å²) in [5.41, 5.74) is 0.0875. The van der Waals surface area contributed by atoms with E-state index in [2.05, 4.69) is 4.72 Å². The molecule has 0 unspecified atom stereocenters. The third-order valence-electron chi connectivity index (χ3n) is 3.38. The van der Waals surface area contributed by atoms with Crippen molar-refractivity contribution in [3.05, 3.63) is 48.0 Å². The Morgan fingerprint density at radius 1 is 1.11 bits per heavy atom. The first-order valence-corrected chi connectivity index (χ1v) is 9.87. The number of ether oxygens (including phenoxy) is 1. The molecule has 0 saturated carbocycles. The topological polar surface area (TPSA) is 113 Å². The number of hydrogen-bond acceptors (Lipinski definition) is 6. The van der Waals surface area contributed by atoms with Gasteiger partial charge in [-0.15, -0.1) is 0 Å². The van der Waals surface area contributed by atoms with Crippen molar-refractivity contribution in [1.29, 1.82) is 0 Å². The molecule has 0 heterocycles. The minimum absolute atomic E-state index is 0.0243. The highest BCUT2D eigenvalue weighted by atomic mass is 32.2. The number of nitrogens with one attached hydrogen (secondary N) is 1. The van der Waals surface area contributed by atoms with Crippen molar-refractivity contribution in [2.45, 2.75) is 9.79 Å². The highest BCUT2D eigenvalue weighted by Gasteiger charge is 2.22. The minimum atomic E-state index is -4.08. The van der Waals surface area contributed by atoms with Gasteiger partial charge in [-0.25, -0.2) is 13.2 Å². The first kappa shape index (κ1) is 20.6. The monoisotopic (exact) mass is 410 g/mol. The molecule has 0 fully saturated rings. The van der Waals surface area contributed by atoms with Crippen molar-refractivity contribution in [1.82, 2.24) is 4.90 Å². The van der Waals surface area contributed by atoms with Crippen molar-refractivity contribution < 1.29 is 27.9 Å². The van der Waals surface area contributed by atoms with E-state index in [0.717, 1.165) is 17.8 Å². The summed E-state index contributed by atoms with van der Waals surface area (Å²) in [5.74, 6) is -1.22. The number of sulfonamides is 1. The number of carboxylic acids is 1. The fourth-order valence-electron chi connectivity index (χ4n) is 2.01. The zero-order valence-corrected chi connectivity index (χ0v) is 16.4. The molecule has 0 atom stereocenters. The SMILES string of the molecule is COc1ccc(C(=O)O)cc1S(=O)(=O)Nc1ccc(SC(=O)N(C)C)cc1. The van der Waals surface area contributed by atoms with E-state index in [9.17, 15) is 18.0 Å². The fraction of sp³-hybridized carbons (Fsp3) is 0.176. The predicted molar refractivity (Wildman–Crippen MR) is 102 cm³/mol. The average Bonchev–Trinajstić information content (AvgIpc) is 2.62. The maximum atomic E-state index is 12.7. The van der Waals surface area contributed by atoms with Crippen molar-refractivity contribution >= 4 is 38.7 Å². The van der Waals surface area contributed by atoms with Gasteiger partial charge in [-0.1, -0.05) is 0 Å². The van der Waals surface area contributed by atoms with E-state index in [1.54, 1.807) is 26.2 Å². The molecule has 27 heavy (non-hydrogen) atoms. The molecule has 1 amide bonds. The highest BCUT2D eigenvalue weighted by Crippen LogP contribution is 2.28. The smallest absolute Gasteiger partial charge is 0.335 e. The number of amides is 1. The first-order chi connectivity index (χ1) is 12.6. The Morgan fingerprint density at radius 2 is 1.74 bits per heavy atom. The van der Waals surface area contributed by atoms with Gasteiger partial charge in [0, 0.05) is 24.7 Å². The molecule has 2 aromatic rings. The molecule has 0 saturated heterocycles. The summed E-state index contributed by atoms with van der Waals surface area (Å²) in [6, 6.07) is 9.80. The Morgan fingerprint density at radius 3 is 2.26 bits per heavy atom. The fourth-order valence-corrected chi connectivity index (χ4v) is 3.92. The number of nitrogens with zero attached hydrogens (tertiary/aromatic N) is 1. The summed E-state index contributed by atoms with van der Waals surface area (Å²) in [5, 5.41) is 8.93. The zero-order chi connectivity index (χ0) is 20.2. The van der Waals surface area contributed by atoms with Crippen LogP contribution in [0.3, 0.4) is 0 Å². The lowest BCUT2D eigenvalue weighted by Crippen LogP contribution is -2.16. The van der Waals surface area contributed by atoms with E-state index in [0.29, 0.717) is 4.90 Å². The van der Waals surface area contributed by atoms with Crippen LogP contribution in [0.2, 0.25) is 0 Å². The van der Waals surface area contributed by atoms with E-state index in [-0.39, 0.29) is 27.1 Å². The number of carbonyl (C=O) groups excluding carboxylic acids is 1. The molecule has 2 rings (SSSR count). The van der Waals surface area contributed by atoms with Gasteiger partial charge in [0.15, 0.2) is 0 Å². The number of carboxylic acid groups (broad SMARTS) is 1. The van der Waals surface area contributed by atoms with Crippen LogP contribution in [0, 0.1) is 0 Å². The van der Waals surface area contributed by atoms with E-state index in [4.69, 9.17) is 9.84 Å². The molecule has 2 aromatic carbocycles. The van der Waals surface area contributed by atoms with Crippen LogP contribution in [0.25, 0.3) is 0 Å². The lowest BCUT2D eigenvalue weighted by molar-refractivity contribution is 0.0696. The molecule has 0 radical (unpaired) electrons. The Bertz CT molecular complexity index is 956. The lowest BCUT2D eigenvalue weighted by atomic mass is 10.2. The van der Waals surface area contributed by atoms with Gasteiger partial charge in [-0.05, 0) is 54.2 Å². The number of rotatable bonds is 6. The van der Waals surface area contributed by atoms with Gasteiger partial charge < -0.3 is 14.7 Å². The van der Waals surface area contributed by atoms with Crippen LogP contribution in [-0.4, -0.2) is 50.8 Å². The summed E-state index contributed by atoms with van der Waals surface area (Å²) in [4.78, 5) is 24.6. The molecule has 8 nitrogen and oxygen atoms in total. The number of anilines is 1. The molecular weight excluding hydrogens is 392 g/mol. The molecule has 10 heteroatoms. The average molecular weight is 410 g/mol. The molecule has 0 aliphatic carbocycles. The first-order valence-electron chi connectivity index (χ1n) is 7.57.